The van der Waals surface area contributed by atoms with Gasteiger partial charge in [0.05, 0.1) is 0 Å². The molecule has 8 nitrogen and oxygen atoms in total. The van der Waals surface area contributed by atoms with E-state index in [1.807, 2.05) is 0 Å². The molecule has 3 aliphatic rings. The fourth-order valence-electron chi connectivity index (χ4n) is 3.55. The fourth-order valence-corrected chi connectivity index (χ4v) is 3.55. The van der Waals surface area contributed by atoms with Gasteiger partial charge >= 0.3 is 12.4 Å². The van der Waals surface area contributed by atoms with Gasteiger partial charge in [0.15, 0.2) is 12.2 Å². The summed E-state index contributed by atoms with van der Waals surface area (Å²) in [5, 5.41) is 0. The molecule has 1 aromatic rings. The zero-order valence-electron chi connectivity index (χ0n) is 15.1. The second-order valence-electron chi connectivity index (χ2n) is 6.63. The predicted molar refractivity (Wildman–Crippen MR) is 92.1 cm³/mol. The summed E-state index contributed by atoms with van der Waals surface area (Å²) in [5.41, 5.74) is 1.29. The molecule has 0 aromatic heterocycles. The van der Waals surface area contributed by atoms with E-state index >= 15 is 0 Å². The first kappa shape index (κ1) is 18.1. The van der Waals surface area contributed by atoms with Gasteiger partial charge in [0.2, 0.25) is 5.96 Å². The number of imide groups is 1. The van der Waals surface area contributed by atoms with E-state index < -0.39 is 24.6 Å². The third-order valence-corrected chi connectivity index (χ3v) is 4.84. The molecule has 0 bridgehead atoms. The number of rotatable bonds is 2. The third-order valence-electron chi connectivity index (χ3n) is 4.84. The summed E-state index contributed by atoms with van der Waals surface area (Å²) in [6.45, 7) is 1.79. The lowest BCUT2D eigenvalue weighted by Gasteiger charge is -2.38. The number of guanidine groups is 1. The van der Waals surface area contributed by atoms with E-state index in [2.05, 4.69) is 9.73 Å². The first-order valence-corrected chi connectivity index (χ1v) is 8.33. The van der Waals surface area contributed by atoms with Gasteiger partial charge in [-0.1, -0.05) is 0 Å². The summed E-state index contributed by atoms with van der Waals surface area (Å²) in [4.78, 5) is 35.2. The van der Waals surface area contributed by atoms with Crippen LogP contribution in [0.2, 0.25) is 0 Å². The molecule has 0 radical (unpaired) electrons. The number of likely N-dealkylation sites (N-methyl/N-ethyl adjacent to an activating group) is 2. The van der Waals surface area contributed by atoms with E-state index in [1.54, 1.807) is 30.0 Å². The Hall–Kier alpha value is -3.24. The maximum atomic E-state index is 12.6. The van der Waals surface area contributed by atoms with Crippen molar-refractivity contribution in [2.24, 2.45) is 4.99 Å². The van der Waals surface area contributed by atoms with Gasteiger partial charge in [-0.2, -0.15) is 0 Å². The highest BCUT2D eigenvalue weighted by Crippen LogP contribution is 2.37. The highest BCUT2D eigenvalue weighted by molar-refractivity contribution is 6.09. The Morgan fingerprint density at radius 3 is 2.36 bits per heavy atom. The third kappa shape index (κ3) is 2.65. The number of nitrogens with zero attached hydrogens (tertiary/aromatic N) is 5. The van der Waals surface area contributed by atoms with Gasteiger partial charge < -0.3 is 14.5 Å². The van der Waals surface area contributed by atoms with Gasteiger partial charge in [-0.05, 0) is 31.2 Å². The largest absolute Gasteiger partial charge is 0.573 e. The molecule has 3 heterocycles. The standard InChI is InChI=1S/C17H16F3N5O3/c1-9-8-24-12-13(22(2)16(27)23(3)14(12)26)21-15(24)25(9)10-4-6-11(7-5-10)28-17(18,19)20/h4-8,12-13H,1-3H3. The number of halogens is 3. The van der Waals surface area contributed by atoms with Crippen molar-refractivity contribution in [1.82, 2.24) is 14.7 Å². The van der Waals surface area contributed by atoms with E-state index in [9.17, 15) is 22.8 Å². The molecule has 2 atom stereocenters. The molecule has 1 fully saturated rings. The Kier molecular flexibility index (Phi) is 3.81. The summed E-state index contributed by atoms with van der Waals surface area (Å²) >= 11 is 0. The Morgan fingerprint density at radius 1 is 1.11 bits per heavy atom. The number of hydrogen-bond donors (Lipinski definition) is 0. The van der Waals surface area contributed by atoms with E-state index in [0.29, 0.717) is 11.6 Å². The highest BCUT2D eigenvalue weighted by atomic mass is 19.4. The van der Waals surface area contributed by atoms with Crippen LogP contribution in [0.3, 0.4) is 0 Å². The number of aliphatic imine (C=N–C) groups is 1. The van der Waals surface area contributed by atoms with E-state index in [-0.39, 0.29) is 11.7 Å². The predicted octanol–water partition coefficient (Wildman–Crippen LogP) is 2.16. The minimum absolute atomic E-state index is 0.335. The lowest BCUT2D eigenvalue weighted by Crippen LogP contribution is -2.63. The number of carbonyl (C=O) groups excluding carboxylic acids is 2. The monoisotopic (exact) mass is 395 g/mol. The van der Waals surface area contributed by atoms with Crippen molar-refractivity contribution in [3.8, 4) is 5.75 Å². The molecule has 148 valence electrons. The molecule has 2 unspecified atom stereocenters. The second-order valence-corrected chi connectivity index (χ2v) is 6.63. The lowest BCUT2D eigenvalue weighted by molar-refractivity contribution is -0.274. The lowest BCUT2D eigenvalue weighted by atomic mass is 10.1. The van der Waals surface area contributed by atoms with Gasteiger partial charge in [-0.15, -0.1) is 13.2 Å². The van der Waals surface area contributed by atoms with Crippen molar-refractivity contribution < 1.29 is 27.5 Å². The van der Waals surface area contributed by atoms with Crippen LogP contribution in [0.1, 0.15) is 6.92 Å². The minimum Gasteiger partial charge on any atom is -0.406 e. The zero-order chi connectivity index (χ0) is 20.4. The van der Waals surface area contributed by atoms with Gasteiger partial charge in [0.1, 0.15) is 5.75 Å². The summed E-state index contributed by atoms with van der Waals surface area (Å²) < 4.78 is 40.9. The number of alkyl halides is 3. The van der Waals surface area contributed by atoms with Crippen LogP contribution in [-0.4, -0.2) is 65.3 Å². The zero-order valence-corrected chi connectivity index (χ0v) is 15.1. The first-order valence-electron chi connectivity index (χ1n) is 8.33. The minimum atomic E-state index is -4.77. The van der Waals surface area contributed by atoms with Crippen molar-refractivity contribution >= 4 is 23.6 Å². The maximum Gasteiger partial charge on any atom is 0.573 e. The van der Waals surface area contributed by atoms with Gasteiger partial charge in [0.25, 0.3) is 5.91 Å². The molecule has 3 amide bonds. The number of amides is 3. The summed E-state index contributed by atoms with van der Waals surface area (Å²) in [7, 11) is 2.98. The topological polar surface area (TPSA) is 68.7 Å². The van der Waals surface area contributed by atoms with Crippen molar-refractivity contribution in [2.45, 2.75) is 25.5 Å². The van der Waals surface area contributed by atoms with Crippen LogP contribution in [0.4, 0.5) is 23.7 Å². The smallest absolute Gasteiger partial charge is 0.406 e. The number of urea groups is 1. The van der Waals surface area contributed by atoms with E-state index in [4.69, 9.17) is 0 Å². The van der Waals surface area contributed by atoms with Crippen molar-refractivity contribution in [2.75, 3.05) is 19.0 Å². The molecular formula is C17H16F3N5O3. The van der Waals surface area contributed by atoms with Crippen LogP contribution in [0.15, 0.2) is 41.2 Å². The van der Waals surface area contributed by atoms with Crippen molar-refractivity contribution in [1.29, 1.82) is 0 Å². The molecule has 0 saturated carbocycles. The Morgan fingerprint density at radius 2 is 1.75 bits per heavy atom. The quantitative estimate of drug-likeness (QED) is 0.768. The summed E-state index contributed by atoms with van der Waals surface area (Å²) in [6.07, 6.45) is -3.71. The van der Waals surface area contributed by atoms with Crippen LogP contribution in [0.25, 0.3) is 0 Å². The van der Waals surface area contributed by atoms with Gasteiger partial charge in [-0.3, -0.25) is 14.6 Å². The van der Waals surface area contributed by atoms with E-state index in [1.165, 1.54) is 36.2 Å². The Balaban J connectivity index is 1.65. The van der Waals surface area contributed by atoms with Crippen LogP contribution in [0, 0.1) is 0 Å². The number of ether oxygens (including phenoxy) is 1. The Labute approximate surface area is 158 Å². The van der Waals surface area contributed by atoms with Crippen molar-refractivity contribution in [3.63, 3.8) is 0 Å². The van der Waals surface area contributed by atoms with Crippen LogP contribution < -0.4 is 9.64 Å². The number of allylic oxidation sites excluding steroid dienone is 1. The average molecular weight is 395 g/mol. The number of carbonyl (C=O) groups is 2. The number of hydrogen-bond acceptors (Lipinski definition) is 6. The normalized spacial score (nSPS) is 24.4. The van der Waals surface area contributed by atoms with Crippen LogP contribution in [0.5, 0.6) is 5.75 Å². The number of fused-ring (bicyclic) bond motifs is 3. The molecule has 11 heteroatoms. The molecule has 4 rings (SSSR count). The SMILES string of the molecule is CC1=CN2C(=NC3C2C(=O)N(C)C(=O)N3C)N1c1ccc(OC(F)(F)F)cc1. The molecule has 3 aliphatic heterocycles. The number of benzene rings is 1. The van der Waals surface area contributed by atoms with Crippen LogP contribution in [-0.2, 0) is 4.79 Å². The number of anilines is 1. The molecule has 0 spiro atoms. The molecule has 1 aromatic carbocycles. The van der Waals surface area contributed by atoms with E-state index in [0.717, 1.165) is 10.6 Å². The molecule has 0 N–H and O–H groups in total. The van der Waals surface area contributed by atoms with Crippen LogP contribution >= 0.6 is 0 Å². The van der Waals surface area contributed by atoms with Crippen molar-refractivity contribution in [3.05, 3.63) is 36.2 Å². The summed E-state index contributed by atoms with van der Waals surface area (Å²) in [5.74, 6) is -0.273. The molecular weight excluding hydrogens is 379 g/mol. The maximum absolute atomic E-state index is 12.6. The second kappa shape index (κ2) is 5.88. The van der Waals surface area contributed by atoms with Gasteiger partial charge in [0, 0.05) is 31.7 Å². The van der Waals surface area contributed by atoms with Gasteiger partial charge in [-0.25, -0.2) is 9.79 Å². The molecule has 1 saturated heterocycles. The highest BCUT2D eigenvalue weighted by Gasteiger charge is 2.53. The summed E-state index contributed by atoms with van der Waals surface area (Å²) in [6, 6.07) is 4.21. The average Bonchev–Trinajstić information content (AvgIpc) is 3.12. The Bertz CT molecular complexity index is 912. The molecule has 28 heavy (non-hydrogen) atoms. The molecule has 0 aliphatic carbocycles. The fraction of sp³-hybridized carbons (Fsp3) is 0.353. The first-order chi connectivity index (χ1) is 13.1.